The smallest absolute Gasteiger partial charge is 0.255 e. The Balaban J connectivity index is 1.62. The van der Waals surface area contributed by atoms with Crippen LogP contribution in [0.15, 0.2) is 12.3 Å². The van der Waals surface area contributed by atoms with E-state index in [0.717, 1.165) is 42.6 Å². The average molecular weight is 385 g/mol. The highest BCUT2D eigenvalue weighted by Crippen LogP contribution is 2.59. The molecule has 0 saturated heterocycles. The molecular formula is C22H32N4O2. The number of fused-ring (bicyclic) bond motifs is 1. The monoisotopic (exact) mass is 384 g/mol. The van der Waals surface area contributed by atoms with Gasteiger partial charge in [0.1, 0.15) is 0 Å². The lowest BCUT2D eigenvalue weighted by Gasteiger charge is -2.63. The zero-order valence-electron chi connectivity index (χ0n) is 18.0. The van der Waals surface area contributed by atoms with E-state index in [1.807, 2.05) is 25.1 Å². The molecular weight excluding hydrogens is 352 g/mol. The van der Waals surface area contributed by atoms with Crippen LogP contribution in [0.2, 0.25) is 0 Å². The first-order valence-corrected chi connectivity index (χ1v) is 10.4. The van der Waals surface area contributed by atoms with Gasteiger partial charge in [0.25, 0.3) is 5.91 Å². The van der Waals surface area contributed by atoms with Gasteiger partial charge in [-0.1, -0.05) is 27.2 Å². The van der Waals surface area contributed by atoms with Gasteiger partial charge in [0.05, 0.1) is 17.4 Å². The quantitative estimate of drug-likeness (QED) is 0.807. The van der Waals surface area contributed by atoms with Crippen LogP contribution in [0.3, 0.4) is 0 Å². The summed E-state index contributed by atoms with van der Waals surface area (Å²) in [6, 6.07) is 2.23. The summed E-state index contributed by atoms with van der Waals surface area (Å²) >= 11 is 0. The van der Waals surface area contributed by atoms with Gasteiger partial charge in [-0.3, -0.25) is 9.48 Å². The van der Waals surface area contributed by atoms with Crippen LogP contribution < -0.4 is 0 Å². The van der Waals surface area contributed by atoms with Gasteiger partial charge in [-0.05, 0) is 32.3 Å². The van der Waals surface area contributed by atoms with Gasteiger partial charge in [-0.25, -0.2) is 4.98 Å². The minimum Gasteiger partial charge on any atom is -0.378 e. The Morgan fingerprint density at radius 1 is 1.39 bits per heavy atom. The van der Waals surface area contributed by atoms with E-state index in [0.29, 0.717) is 11.7 Å². The lowest BCUT2D eigenvalue weighted by atomic mass is 9.50. The Bertz CT molecular complexity index is 907. The van der Waals surface area contributed by atoms with E-state index in [1.165, 1.54) is 6.42 Å². The number of ether oxygens (including phenoxy) is 1. The molecule has 2 aliphatic rings. The Hall–Kier alpha value is -1.95. The first-order chi connectivity index (χ1) is 13.2. The van der Waals surface area contributed by atoms with Gasteiger partial charge in [0, 0.05) is 49.2 Å². The summed E-state index contributed by atoms with van der Waals surface area (Å²) in [4.78, 5) is 19.8. The van der Waals surface area contributed by atoms with Crippen molar-refractivity contribution in [1.82, 2.24) is 19.7 Å². The van der Waals surface area contributed by atoms with Gasteiger partial charge in [-0.15, -0.1) is 0 Å². The number of rotatable bonds is 4. The molecule has 1 spiro atoms. The van der Waals surface area contributed by atoms with Gasteiger partial charge < -0.3 is 9.64 Å². The summed E-state index contributed by atoms with van der Waals surface area (Å²) in [5.41, 5.74) is 2.50. The molecule has 0 unspecified atom stereocenters. The predicted molar refractivity (Wildman–Crippen MR) is 109 cm³/mol. The lowest BCUT2D eigenvalue weighted by Crippen LogP contribution is -2.67. The maximum absolute atomic E-state index is 13.3. The molecule has 0 N–H and O–H groups in total. The van der Waals surface area contributed by atoms with Crippen LogP contribution in [-0.2, 0) is 17.2 Å². The van der Waals surface area contributed by atoms with E-state index in [9.17, 15) is 4.79 Å². The fourth-order valence-corrected chi connectivity index (χ4v) is 5.10. The van der Waals surface area contributed by atoms with E-state index >= 15 is 0 Å². The molecule has 0 bridgehead atoms. The summed E-state index contributed by atoms with van der Waals surface area (Å²) in [6.45, 7) is 9.21. The highest BCUT2D eigenvalue weighted by molar-refractivity contribution is 5.97. The minimum atomic E-state index is -0.108. The summed E-state index contributed by atoms with van der Waals surface area (Å²) in [5.74, 6) is 0.0457. The van der Waals surface area contributed by atoms with Crippen LogP contribution in [0.1, 0.15) is 69.4 Å². The zero-order chi connectivity index (χ0) is 20.3. The van der Waals surface area contributed by atoms with E-state index < -0.39 is 0 Å². The van der Waals surface area contributed by atoms with Crippen molar-refractivity contribution in [3.8, 4) is 0 Å². The van der Waals surface area contributed by atoms with Gasteiger partial charge in [-0.2, -0.15) is 5.10 Å². The molecule has 2 aromatic rings. The molecule has 2 aromatic heterocycles. The van der Waals surface area contributed by atoms with Crippen molar-refractivity contribution in [2.75, 3.05) is 13.7 Å². The molecule has 0 radical (unpaired) electrons. The SMILES string of the molecule is CCO[C@H]1C[C@@H](N(C)C(=O)c2cnc3c(c2)c(C(C)(C)C)nn3C)C12CCC2. The summed E-state index contributed by atoms with van der Waals surface area (Å²) < 4.78 is 7.76. The summed E-state index contributed by atoms with van der Waals surface area (Å²) in [5, 5.41) is 5.62. The molecule has 2 saturated carbocycles. The second-order valence-electron chi connectivity index (χ2n) is 9.52. The molecule has 2 aliphatic carbocycles. The fourth-order valence-electron chi connectivity index (χ4n) is 5.10. The van der Waals surface area contributed by atoms with Crippen molar-refractivity contribution in [3.63, 3.8) is 0 Å². The van der Waals surface area contributed by atoms with Gasteiger partial charge in [0.2, 0.25) is 0 Å². The number of hydrogen-bond donors (Lipinski definition) is 0. The number of aromatic nitrogens is 3. The standard InChI is InChI=1S/C22H32N4O2/c1-7-28-17-12-16(22(17)9-8-10-22)25(5)20(27)14-11-15-18(21(2,3)4)24-26(6)19(15)23-13-14/h11,13,16-17H,7-10,12H2,1-6H3/t16-,17+/m1/s1. The van der Waals surface area contributed by atoms with Crippen molar-refractivity contribution < 1.29 is 9.53 Å². The third-order valence-corrected chi connectivity index (χ3v) is 6.82. The van der Waals surface area contributed by atoms with Crippen molar-refractivity contribution >= 4 is 16.9 Å². The molecule has 6 nitrogen and oxygen atoms in total. The Morgan fingerprint density at radius 2 is 2.11 bits per heavy atom. The Morgan fingerprint density at radius 3 is 2.68 bits per heavy atom. The molecule has 6 heteroatoms. The third kappa shape index (κ3) is 2.76. The highest BCUT2D eigenvalue weighted by atomic mass is 16.5. The van der Waals surface area contributed by atoms with Gasteiger partial charge >= 0.3 is 0 Å². The third-order valence-electron chi connectivity index (χ3n) is 6.82. The van der Waals surface area contributed by atoms with Crippen molar-refractivity contribution in [1.29, 1.82) is 0 Å². The molecule has 2 heterocycles. The van der Waals surface area contributed by atoms with Gasteiger partial charge in [0.15, 0.2) is 5.65 Å². The molecule has 4 rings (SSSR count). The second kappa shape index (κ2) is 6.55. The van der Waals surface area contributed by atoms with Crippen molar-refractivity contribution in [3.05, 3.63) is 23.5 Å². The molecule has 0 aliphatic heterocycles. The predicted octanol–water partition coefficient (Wildman–Crippen LogP) is 3.69. The van der Waals surface area contributed by atoms with E-state index in [4.69, 9.17) is 4.74 Å². The first kappa shape index (κ1) is 19.4. The van der Waals surface area contributed by atoms with E-state index in [2.05, 4.69) is 37.8 Å². The molecule has 28 heavy (non-hydrogen) atoms. The maximum atomic E-state index is 13.3. The molecule has 152 valence electrons. The molecule has 2 atom stereocenters. The largest absolute Gasteiger partial charge is 0.378 e. The summed E-state index contributed by atoms with van der Waals surface area (Å²) in [6.07, 6.45) is 6.49. The van der Waals surface area contributed by atoms with E-state index in [-0.39, 0.29) is 22.8 Å². The topological polar surface area (TPSA) is 60.2 Å². The number of nitrogens with zero attached hydrogens (tertiary/aromatic N) is 4. The number of carbonyl (C=O) groups is 1. The molecule has 2 fully saturated rings. The lowest BCUT2D eigenvalue weighted by molar-refractivity contribution is -0.192. The number of pyridine rings is 1. The second-order valence-corrected chi connectivity index (χ2v) is 9.52. The molecule has 1 amide bonds. The Kier molecular flexibility index (Phi) is 4.53. The number of carbonyl (C=O) groups excluding carboxylic acids is 1. The van der Waals surface area contributed by atoms with Crippen LogP contribution in [-0.4, -0.2) is 51.4 Å². The first-order valence-electron chi connectivity index (χ1n) is 10.4. The minimum absolute atomic E-state index is 0.0457. The fraction of sp³-hybridized carbons (Fsp3) is 0.682. The van der Waals surface area contributed by atoms with Crippen LogP contribution in [0, 0.1) is 5.41 Å². The van der Waals surface area contributed by atoms with Crippen molar-refractivity contribution in [2.45, 2.75) is 70.9 Å². The van der Waals surface area contributed by atoms with Crippen molar-refractivity contribution in [2.24, 2.45) is 12.5 Å². The molecule has 0 aromatic carbocycles. The number of hydrogen-bond acceptors (Lipinski definition) is 4. The van der Waals surface area contributed by atoms with E-state index in [1.54, 1.807) is 10.9 Å². The van der Waals surface area contributed by atoms with Crippen LogP contribution in [0.5, 0.6) is 0 Å². The Labute approximate surface area is 167 Å². The number of amides is 1. The normalized spacial score (nSPS) is 23.5. The number of aryl methyl sites for hydroxylation is 1. The van der Waals surface area contributed by atoms with Crippen LogP contribution >= 0.6 is 0 Å². The zero-order valence-corrected chi connectivity index (χ0v) is 18.0. The van der Waals surface area contributed by atoms with Crippen LogP contribution in [0.4, 0.5) is 0 Å². The maximum Gasteiger partial charge on any atom is 0.255 e. The van der Waals surface area contributed by atoms with Crippen LogP contribution in [0.25, 0.3) is 11.0 Å². The average Bonchev–Trinajstić information content (AvgIpc) is 2.92. The highest BCUT2D eigenvalue weighted by Gasteiger charge is 2.60. The summed E-state index contributed by atoms with van der Waals surface area (Å²) in [7, 11) is 3.84.